The van der Waals surface area contributed by atoms with Gasteiger partial charge in [-0.05, 0) is 73.4 Å². The lowest BCUT2D eigenvalue weighted by atomic mass is 9.98. The van der Waals surface area contributed by atoms with E-state index in [4.69, 9.17) is 5.26 Å². The van der Waals surface area contributed by atoms with Crippen molar-refractivity contribution in [1.82, 2.24) is 9.97 Å². The molecule has 0 atom stereocenters. The number of fused-ring (bicyclic) bond motifs is 1. The zero-order valence-corrected chi connectivity index (χ0v) is 18.7. The highest BCUT2D eigenvalue weighted by Gasteiger charge is 2.13. The van der Waals surface area contributed by atoms with Crippen molar-refractivity contribution >= 4 is 10.8 Å². The second-order valence-electron chi connectivity index (χ2n) is 8.00. The molecule has 0 saturated carbocycles. The van der Waals surface area contributed by atoms with Crippen molar-refractivity contribution in [1.29, 1.82) is 5.26 Å². The van der Waals surface area contributed by atoms with Gasteiger partial charge in [0, 0.05) is 22.8 Å². The molecule has 0 aliphatic heterocycles. The van der Waals surface area contributed by atoms with Crippen LogP contribution in [-0.4, -0.2) is 9.97 Å². The van der Waals surface area contributed by atoms with Crippen LogP contribution in [0.2, 0.25) is 0 Å². The smallest absolute Gasteiger partial charge is 0.159 e. The van der Waals surface area contributed by atoms with E-state index < -0.39 is 17.2 Å². The van der Waals surface area contributed by atoms with Gasteiger partial charge in [0.05, 0.1) is 0 Å². The quantitative estimate of drug-likeness (QED) is 0.284. The molecule has 170 valence electrons. The van der Waals surface area contributed by atoms with E-state index in [-0.39, 0.29) is 18.7 Å². The third-order valence-corrected chi connectivity index (χ3v) is 5.71. The summed E-state index contributed by atoms with van der Waals surface area (Å²) in [5.41, 5.74) is 1.96. The van der Waals surface area contributed by atoms with Crippen LogP contribution in [0.15, 0.2) is 66.9 Å². The van der Waals surface area contributed by atoms with E-state index in [0.29, 0.717) is 22.3 Å². The number of halogens is 3. The summed E-state index contributed by atoms with van der Waals surface area (Å²) in [4.78, 5) is 9.00. The lowest BCUT2D eigenvalue weighted by molar-refractivity contribution is 0.572. The van der Waals surface area contributed by atoms with Gasteiger partial charge in [0.1, 0.15) is 29.1 Å². The molecule has 6 heteroatoms. The van der Waals surface area contributed by atoms with Crippen LogP contribution in [0.3, 0.4) is 0 Å². The van der Waals surface area contributed by atoms with E-state index in [1.807, 2.05) is 31.2 Å². The Morgan fingerprint density at radius 2 is 1.74 bits per heavy atom. The summed E-state index contributed by atoms with van der Waals surface area (Å²) >= 11 is 0. The van der Waals surface area contributed by atoms with Gasteiger partial charge in [0.2, 0.25) is 0 Å². The van der Waals surface area contributed by atoms with Crippen LogP contribution in [0.4, 0.5) is 13.2 Å². The van der Waals surface area contributed by atoms with E-state index >= 15 is 4.39 Å². The van der Waals surface area contributed by atoms with Gasteiger partial charge < -0.3 is 0 Å². The predicted octanol–water partition coefficient (Wildman–Crippen LogP) is 6.88. The lowest BCUT2D eigenvalue weighted by Gasteiger charge is -2.09. The minimum Gasteiger partial charge on any atom is -0.237 e. The van der Waals surface area contributed by atoms with Gasteiger partial charge in [0.25, 0.3) is 0 Å². The molecule has 1 aromatic heterocycles. The number of benzene rings is 3. The molecular formula is C28H22F3N3. The molecule has 0 N–H and O–H groups in total. The number of hydrogen-bond acceptors (Lipinski definition) is 3. The topological polar surface area (TPSA) is 49.6 Å². The number of allylic oxidation sites excluding steroid dienone is 2. The van der Waals surface area contributed by atoms with Crippen LogP contribution in [0.1, 0.15) is 35.7 Å². The standard InChI is InChI=1S/C28H22F3N3/c1-2-3-4-5-22-12-13-33-28(34-22)21-10-11-23-20(16-21)9-8-19(27(23)31)7-6-18-14-25(29)24(17-32)26(30)15-18/h2-3,8-16H,4-7H2,1H3/b3-2+. The molecule has 3 nitrogen and oxygen atoms in total. The van der Waals surface area contributed by atoms with Gasteiger partial charge in [-0.25, -0.2) is 23.1 Å². The summed E-state index contributed by atoms with van der Waals surface area (Å²) in [6.07, 6.45) is 8.07. The van der Waals surface area contributed by atoms with Gasteiger partial charge in [-0.2, -0.15) is 5.26 Å². The lowest BCUT2D eigenvalue weighted by Crippen LogP contribution is -1.99. The second kappa shape index (κ2) is 10.3. The second-order valence-corrected chi connectivity index (χ2v) is 8.00. The summed E-state index contributed by atoms with van der Waals surface area (Å²) in [6, 6.07) is 14.5. The van der Waals surface area contributed by atoms with Crippen molar-refractivity contribution in [2.75, 3.05) is 0 Å². The van der Waals surface area contributed by atoms with E-state index in [0.717, 1.165) is 41.6 Å². The highest BCUT2D eigenvalue weighted by Crippen LogP contribution is 2.27. The first-order valence-electron chi connectivity index (χ1n) is 11.0. The van der Waals surface area contributed by atoms with E-state index in [2.05, 4.69) is 16.0 Å². The summed E-state index contributed by atoms with van der Waals surface area (Å²) in [5, 5.41) is 9.98. The number of aromatic nitrogens is 2. The van der Waals surface area contributed by atoms with Crippen molar-refractivity contribution in [3.05, 3.63) is 107 Å². The predicted molar refractivity (Wildman–Crippen MR) is 127 cm³/mol. The maximum absolute atomic E-state index is 15.2. The van der Waals surface area contributed by atoms with Gasteiger partial charge >= 0.3 is 0 Å². The molecule has 0 amide bonds. The average molecular weight is 457 g/mol. The summed E-state index contributed by atoms with van der Waals surface area (Å²) in [7, 11) is 0. The molecule has 0 aliphatic carbocycles. The van der Waals surface area contributed by atoms with Gasteiger partial charge in [0.15, 0.2) is 5.82 Å². The average Bonchev–Trinajstić information content (AvgIpc) is 2.84. The SMILES string of the molecule is C/C=C/CCc1ccnc(-c2ccc3c(F)c(CCc4cc(F)c(C#N)c(F)c4)ccc3c2)n1. The fourth-order valence-corrected chi connectivity index (χ4v) is 3.90. The summed E-state index contributed by atoms with van der Waals surface area (Å²) in [6.45, 7) is 1.98. The Bertz CT molecular complexity index is 1400. The molecular weight excluding hydrogens is 435 g/mol. The molecule has 0 aliphatic rings. The van der Waals surface area contributed by atoms with Crippen molar-refractivity contribution in [2.24, 2.45) is 0 Å². The normalized spacial score (nSPS) is 11.3. The number of nitriles is 1. The van der Waals surface area contributed by atoms with Gasteiger partial charge in [-0.3, -0.25) is 0 Å². The Labute approximate surface area is 196 Å². The summed E-state index contributed by atoms with van der Waals surface area (Å²) < 4.78 is 42.9. The van der Waals surface area contributed by atoms with Crippen LogP contribution in [0.25, 0.3) is 22.2 Å². The van der Waals surface area contributed by atoms with Crippen LogP contribution in [0, 0.1) is 28.8 Å². The molecule has 3 aromatic carbocycles. The van der Waals surface area contributed by atoms with Crippen molar-refractivity contribution in [3.8, 4) is 17.5 Å². The molecule has 34 heavy (non-hydrogen) atoms. The van der Waals surface area contributed by atoms with Crippen molar-refractivity contribution in [2.45, 2.75) is 32.6 Å². The number of nitrogens with zero attached hydrogens (tertiary/aromatic N) is 3. The number of aryl methyl sites for hydroxylation is 3. The fourth-order valence-electron chi connectivity index (χ4n) is 3.90. The Morgan fingerprint density at radius 1 is 0.941 bits per heavy atom. The van der Waals surface area contributed by atoms with Crippen LogP contribution in [-0.2, 0) is 19.3 Å². The van der Waals surface area contributed by atoms with Gasteiger partial charge in [-0.15, -0.1) is 0 Å². The van der Waals surface area contributed by atoms with Crippen LogP contribution in [0.5, 0.6) is 0 Å². The van der Waals surface area contributed by atoms with Crippen molar-refractivity contribution < 1.29 is 13.2 Å². The maximum atomic E-state index is 15.2. The Kier molecular flexibility index (Phi) is 7.03. The van der Waals surface area contributed by atoms with Gasteiger partial charge in [-0.1, -0.05) is 36.4 Å². The minimum atomic E-state index is -0.905. The number of rotatable bonds is 7. The molecule has 0 fully saturated rings. The first kappa shape index (κ1) is 23.2. The Hall–Kier alpha value is -3.98. The zero-order valence-electron chi connectivity index (χ0n) is 18.7. The highest BCUT2D eigenvalue weighted by molar-refractivity contribution is 5.87. The molecule has 0 spiro atoms. The van der Waals surface area contributed by atoms with Crippen molar-refractivity contribution in [3.63, 3.8) is 0 Å². The first-order valence-corrected chi connectivity index (χ1v) is 11.0. The number of hydrogen-bond donors (Lipinski definition) is 0. The zero-order chi connectivity index (χ0) is 24.1. The largest absolute Gasteiger partial charge is 0.237 e. The highest BCUT2D eigenvalue weighted by atomic mass is 19.1. The molecule has 0 unspecified atom stereocenters. The summed E-state index contributed by atoms with van der Waals surface area (Å²) in [5.74, 6) is -1.58. The van der Waals surface area contributed by atoms with Crippen LogP contribution >= 0.6 is 0 Å². The molecule has 4 aromatic rings. The van der Waals surface area contributed by atoms with E-state index in [1.54, 1.807) is 24.4 Å². The third-order valence-electron chi connectivity index (χ3n) is 5.71. The monoisotopic (exact) mass is 457 g/mol. The third kappa shape index (κ3) is 4.99. The molecule has 1 heterocycles. The molecule has 4 rings (SSSR count). The van der Waals surface area contributed by atoms with E-state index in [1.165, 1.54) is 6.07 Å². The first-order chi connectivity index (χ1) is 16.5. The maximum Gasteiger partial charge on any atom is 0.159 e. The Balaban J connectivity index is 1.56. The molecule has 0 saturated heterocycles. The fraction of sp³-hybridized carbons (Fsp3) is 0.179. The van der Waals surface area contributed by atoms with E-state index in [9.17, 15) is 8.78 Å². The minimum absolute atomic E-state index is 0.244. The molecule has 0 bridgehead atoms. The molecule has 0 radical (unpaired) electrons. The van der Waals surface area contributed by atoms with Crippen LogP contribution < -0.4 is 0 Å². The Morgan fingerprint density at radius 3 is 2.47 bits per heavy atom.